The predicted octanol–water partition coefficient (Wildman–Crippen LogP) is 3.66. The molecule has 0 aliphatic carbocycles. The van der Waals surface area contributed by atoms with Crippen LogP contribution in [0.15, 0.2) is 60.9 Å². The first kappa shape index (κ1) is 17.4. The molecule has 7 nitrogen and oxygen atoms in total. The zero-order chi connectivity index (χ0) is 18.1. The summed E-state index contributed by atoms with van der Waals surface area (Å²) in [6.07, 6.45) is 2.82. The minimum atomic E-state index is -3.48. The zero-order valence-corrected chi connectivity index (χ0v) is 16.1. The molecular formula is C17H16BrN3O4S. The van der Waals surface area contributed by atoms with Gasteiger partial charge in [-0.2, -0.15) is 4.31 Å². The molecule has 26 heavy (non-hydrogen) atoms. The highest BCUT2D eigenvalue weighted by Gasteiger charge is 2.32. The first-order valence-corrected chi connectivity index (χ1v) is 10.4. The van der Waals surface area contributed by atoms with Crippen LogP contribution in [0, 0.1) is 0 Å². The van der Waals surface area contributed by atoms with E-state index in [4.69, 9.17) is 8.83 Å². The minimum absolute atomic E-state index is 0.0441. The van der Waals surface area contributed by atoms with E-state index in [-0.39, 0.29) is 5.92 Å². The van der Waals surface area contributed by atoms with E-state index in [1.54, 1.807) is 42.7 Å². The molecule has 2 aromatic heterocycles. The molecule has 1 fully saturated rings. The van der Waals surface area contributed by atoms with E-state index in [9.17, 15) is 8.42 Å². The van der Waals surface area contributed by atoms with Crippen molar-refractivity contribution in [2.45, 2.75) is 23.7 Å². The van der Waals surface area contributed by atoms with Gasteiger partial charge in [-0.1, -0.05) is 15.9 Å². The number of hydrogen-bond donors (Lipinski definition) is 0. The van der Waals surface area contributed by atoms with Gasteiger partial charge in [0.2, 0.25) is 15.9 Å². The summed E-state index contributed by atoms with van der Waals surface area (Å²) >= 11 is 3.32. The number of furan rings is 1. The molecule has 0 spiro atoms. The van der Waals surface area contributed by atoms with E-state index in [0.29, 0.717) is 48.4 Å². The summed E-state index contributed by atoms with van der Waals surface area (Å²) in [6, 6.07) is 10.2. The Kier molecular flexibility index (Phi) is 4.68. The fourth-order valence-electron chi connectivity index (χ4n) is 3.00. The van der Waals surface area contributed by atoms with Crippen LogP contribution < -0.4 is 0 Å². The molecule has 4 rings (SSSR count). The molecule has 0 saturated carbocycles. The third kappa shape index (κ3) is 3.34. The monoisotopic (exact) mass is 437 g/mol. The second kappa shape index (κ2) is 6.98. The third-order valence-corrected chi connectivity index (χ3v) is 6.87. The van der Waals surface area contributed by atoms with Gasteiger partial charge in [-0.15, -0.1) is 10.2 Å². The maximum atomic E-state index is 12.7. The van der Waals surface area contributed by atoms with Crippen LogP contribution in [0.1, 0.15) is 24.7 Å². The molecule has 1 aliphatic rings. The highest BCUT2D eigenvalue weighted by molar-refractivity contribution is 9.10. The number of benzene rings is 1. The quantitative estimate of drug-likeness (QED) is 0.618. The van der Waals surface area contributed by atoms with Gasteiger partial charge in [0.05, 0.1) is 11.2 Å². The molecular weight excluding hydrogens is 422 g/mol. The van der Waals surface area contributed by atoms with Crippen molar-refractivity contribution in [2.24, 2.45) is 0 Å². The van der Waals surface area contributed by atoms with Crippen LogP contribution in [-0.4, -0.2) is 36.0 Å². The Morgan fingerprint density at radius 2 is 1.81 bits per heavy atom. The average Bonchev–Trinajstić information content (AvgIpc) is 3.34. The third-order valence-electron chi connectivity index (χ3n) is 4.43. The van der Waals surface area contributed by atoms with Crippen molar-refractivity contribution in [2.75, 3.05) is 13.1 Å². The van der Waals surface area contributed by atoms with Gasteiger partial charge in [0.1, 0.15) is 0 Å². The number of hydrogen-bond acceptors (Lipinski definition) is 6. The number of nitrogens with zero attached hydrogens (tertiary/aromatic N) is 3. The topological polar surface area (TPSA) is 89.4 Å². The maximum Gasteiger partial charge on any atom is 0.283 e. The zero-order valence-electron chi connectivity index (χ0n) is 13.7. The van der Waals surface area contributed by atoms with Gasteiger partial charge in [-0.3, -0.25) is 0 Å². The normalized spacial score (nSPS) is 16.8. The van der Waals surface area contributed by atoms with Crippen molar-refractivity contribution in [3.8, 4) is 11.7 Å². The molecule has 0 amide bonds. The van der Waals surface area contributed by atoms with E-state index >= 15 is 0 Å². The van der Waals surface area contributed by atoms with Crippen LogP contribution >= 0.6 is 15.9 Å². The number of sulfonamides is 1. The summed E-state index contributed by atoms with van der Waals surface area (Å²) in [7, 11) is -3.48. The Labute approximate surface area is 159 Å². The summed E-state index contributed by atoms with van der Waals surface area (Å²) < 4.78 is 38.8. The maximum absolute atomic E-state index is 12.7. The van der Waals surface area contributed by atoms with Crippen LogP contribution in [0.3, 0.4) is 0 Å². The van der Waals surface area contributed by atoms with Gasteiger partial charge in [-0.05, 0) is 49.2 Å². The van der Waals surface area contributed by atoms with Gasteiger partial charge in [-0.25, -0.2) is 8.42 Å². The predicted molar refractivity (Wildman–Crippen MR) is 96.9 cm³/mol. The van der Waals surface area contributed by atoms with Crippen LogP contribution in [0.2, 0.25) is 0 Å². The fraction of sp³-hybridized carbons (Fsp3) is 0.294. The lowest BCUT2D eigenvalue weighted by Gasteiger charge is -2.29. The smallest absolute Gasteiger partial charge is 0.283 e. The first-order valence-electron chi connectivity index (χ1n) is 8.17. The lowest BCUT2D eigenvalue weighted by atomic mass is 9.98. The molecule has 1 aromatic carbocycles. The van der Waals surface area contributed by atoms with E-state index < -0.39 is 10.0 Å². The van der Waals surface area contributed by atoms with Crippen molar-refractivity contribution < 1.29 is 17.3 Å². The van der Waals surface area contributed by atoms with E-state index in [1.807, 2.05) is 0 Å². The molecule has 1 aliphatic heterocycles. The summed E-state index contributed by atoms with van der Waals surface area (Å²) in [4.78, 5) is 0.303. The molecule has 136 valence electrons. The summed E-state index contributed by atoms with van der Waals surface area (Å²) in [5.74, 6) is 1.44. The van der Waals surface area contributed by atoms with Gasteiger partial charge in [0, 0.05) is 23.5 Å². The SMILES string of the molecule is O=S(=O)(c1ccc(Br)cc1)N1CCC(c2nnc(-c3ccco3)o2)CC1. The van der Waals surface area contributed by atoms with E-state index in [0.717, 1.165) is 4.47 Å². The van der Waals surface area contributed by atoms with Crippen molar-refractivity contribution in [3.63, 3.8) is 0 Å². The molecule has 0 N–H and O–H groups in total. The number of piperidine rings is 1. The number of halogens is 1. The van der Waals surface area contributed by atoms with Crippen molar-refractivity contribution in [1.29, 1.82) is 0 Å². The van der Waals surface area contributed by atoms with E-state index in [1.165, 1.54) is 4.31 Å². The lowest BCUT2D eigenvalue weighted by molar-refractivity contribution is 0.290. The van der Waals surface area contributed by atoms with Crippen LogP contribution in [-0.2, 0) is 10.0 Å². The molecule has 0 radical (unpaired) electrons. The Morgan fingerprint density at radius 1 is 1.08 bits per heavy atom. The molecule has 0 atom stereocenters. The van der Waals surface area contributed by atoms with Gasteiger partial charge < -0.3 is 8.83 Å². The van der Waals surface area contributed by atoms with Gasteiger partial charge in [0.15, 0.2) is 5.76 Å². The first-order chi connectivity index (χ1) is 12.5. The van der Waals surface area contributed by atoms with Crippen LogP contribution in [0.4, 0.5) is 0 Å². The largest absolute Gasteiger partial charge is 0.459 e. The Hall–Kier alpha value is -1.97. The molecule has 1 saturated heterocycles. The molecule has 3 aromatic rings. The average molecular weight is 438 g/mol. The standard InChI is InChI=1S/C17H16BrN3O4S/c18-13-3-5-14(6-4-13)26(22,23)21-9-7-12(8-10-21)16-19-20-17(25-16)15-2-1-11-24-15/h1-6,11-12H,7-10H2. The highest BCUT2D eigenvalue weighted by Crippen LogP contribution is 2.31. The highest BCUT2D eigenvalue weighted by atomic mass is 79.9. The second-order valence-corrected chi connectivity index (χ2v) is 8.91. The molecule has 9 heteroatoms. The van der Waals surface area contributed by atoms with Crippen molar-refractivity contribution >= 4 is 26.0 Å². The summed E-state index contributed by atoms with van der Waals surface area (Å²) in [5.41, 5.74) is 0. The fourth-order valence-corrected chi connectivity index (χ4v) is 4.73. The molecule has 0 bridgehead atoms. The summed E-state index contributed by atoms with van der Waals surface area (Å²) in [5, 5.41) is 8.11. The van der Waals surface area contributed by atoms with E-state index in [2.05, 4.69) is 26.1 Å². The summed E-state index contributed by atoms with van der Waals surface area (Å²) in [6.45, 7) is 0.836. The van der Waals surface area contributed by atoms with Gasteiger partial charge >= 0.3 is 0 Å². The minimum Gasteiger partial charge on any atom is -0.459 e. The Morgan fingerprint density at radius 3 is 2.46 bits per heavy atom. The second-order valence-electron chi connectivity index (χ2n) is 6.06. The van der Waals surface area contributed by atoms with Crippen molar-refractivity contribution in [1.82, 2.24) is 14.5 Å². The molecule has 0 unspecified atom stereocenters. The number of aromatic nitrogens is 2. The lowest BCUT2D eigenvalue weighted by Crippen LogP contribution is -2.37. The van der Waals surface area contributed by atoms with Crippen LogP contribution in [0.5, 0.6) is 0 Å². The Balaban J connectivity index is 1.45. The molecule has 3 heterocycles. The van der Waals surface area contributed by atoms with Crippen molar-refractivity contribution in [3.05, 3.63) is 53.0 Å². The number of rotatable bonds is 4. The van der Waals surface area contributed by atoms with Gasteiger partial charge in [0.25, 0.3) is 5.89 Å². The van der Waals surface area contributed by atoms with Crippen LogP contribution in [0.25, 0.3) is 11.7 Å². The Bertz CT molecular complexity index is 975.